The quantitative estimate of drug-likeness (QED) is 0.306. The van der Waals surface area contributed by atoms with Gasteiger partial charge in [0.25, 0.3) is 0 Å². The summed E-state index contributed by atoms with van der Waals surface area (Å²) in [5.74, 6) is -6.25. The van der Waals surface area contributed by atoms with Crippen LogP contribution >= 0.6 is 23.2 Å². The molecule has 2 rings (SSSR count). The zero-order chi connectivity index (χ0) is 25.8. The first-order valence-electron chi connectivity index (χ1n) is 10.4. The van der Waals surface area contributed by atoms with E-state index in [0.29, 0.717) is 5.56 Å². The lowest BCUT2D eigenvalue weighted by atomic mass is 9.85. The summed E-state index contributed by atoms with van der Waals surface area (Å²) in [4.78, 5) is 24.9. The minimum atomic E-state index is -4.73. The van der Waals surface area contributed by atoms with Crippen LogP contribution in [0, 0.1) is 11.7 Å². The molecule has 0 saturated heterocycles. The fourth-order valence-electron chi connectivity index (χ4n) is 3.24. The van der Waals surface area contributed by atoms with Gasteiger partial charge in [-0.3, -0.25) is 9.59 Å². The molecule has 0 heterocycles. The molecule has 0 unspecified atom stereocenters. The maximum absolute atomic E-state index is 14.0. The molecular formula is C24H25Cl2F4NO3. The molecule has 34 heavy (non-hydrogen) atoms. The molecule has 0 bridgehead atoms. The maximum Gasteiger partial charge on any atom is 0.392 e. The van der Waals surface area contributed by atoms with Crippen molar-refractivity contribution in [2.75, 3.05) is 5.32 Å². The van der Waals surface area contributed by atoms with Crippen LogP contribution in [-0.4, -0.2) is 23.7 Å². The van der Waals surface area contributed by atoms with Crippen molar-refractivity contribution in [2.24, 2.45) is 5.92 Å². The van der Waals surface area contributed by atoms with E-state index >= 15 is 0 Å². The first-order valence-corrected chi connectivity index (χ1v) is 11.2. The van der Waals surface area contributed by atoms with E-state index in [1.165, 1.54) is 18.2 Å². The molecule has 2 atom stereocenters. The summed E-state index contributed by atoms with van der Waals surface area (Å²) < 4.78 is 59.8. The Morgan fingerprint density at radius 1 is 1.03 bits per heavy atom. The average molecular weight is 522 g/mol. The average Bonchev–Trinajstić information content (AvgIpc) is 2.69. The number of hydrogen-bond acceptors (Lipinski definition) is 3. The monoisotopic (exact) mass is 521 g/mol. The molecule has 0 aromatic heterocycles. The van der Waals surface area contributed by atoms with Gasteiger partial charge in [0.15, 0.2) is 0 Å². The summed E-state index contributed by atoms with van der Waals surface area (Å²) in [6.45, 7) is 6.07. The highest BCUT2D eigenvalue weighted by atomic mass is 35.5. The predicted molar refractivity (Wildman–Crippen MR) is 124 cm³/mol. The van der Waals surface area contributed by atoms with Crippen LogP contribution in [0.25, 0.3) is 0 Å². The van der Waals surface area contributed by atoms with Gasteiger partial charge < -0.3 is 10.1 Å². The fourth-order valence-corrected chi connectivity index (χ4v) is 3.52. The third kappa shape index (κ3) is 7.87. The lowest BCUT2D eigenvalue weighted by Gasteiger charge is -2.26. The van der Waals surface area contributed by atoms with E-state index < -0.39 is 41.3 Å². The second kappa shape index (κ2) is 11.0. The van der Waals surface area contributed by atoms with Crippen molar-refractivity contribution in [1.29, 1.82) is 0 Å². The molecule has 0 aliphatic rings. The Hall–Kier alpha value is -2.32. The predicted octanol–water partition coefficient (Wildman–Crippen LogP) is 7.33. The number of benzene rings is 2. The number of anilines is 1. The lowest BCUT2D eigenvalue weighted by molar-refractivity contribution is -0.178. The van der Waals surface area contributed by atoms with Crippen molar-refractivity contribution < 1.29 is 31.9 Å². The highest BCUT2D eigenvalue weighted by molar-refractivity contribution is 6.33. The molecule has 2 aromatic carbocycles. The van der Waals surface area contributed by atoms with Gasteiger partial charge in [0, 0.05) is 6.42 Å². The Morgan fingerprint density at radius 2 is 1.65 bits per heavy atom. The SMILES string of the molecule is C[C@H]([C@H](C(=O)Nc1cc(CCC(=O)OC(C)(C)C)ccc1Cl)c1ccc(Cl)c(F)c1)C(F)(F)F. The first-order chi connectivity index (χ1) is 15.6. The number of amides is 1. The molecule has 2 aromatic rings. The molecule has 0 spiro atoms. The molecule has 0 saturated carbocycles. The normalized spacial score (nSPS) is 13.8. The van der Waals surface area contributed by atoms with Gasteiger partial charge in [0.05, 0.1) is 27.6 Å². The molecule has 1 amide bonds. The molecule has 0 radical (unpaired) electrons. The van der Waals surface area contributed by atoms with E-state index in [0.717, 1.165) is 19.1 Å². The number of rotatable bonds is 7. The Labute approximate surface area is 205 Å². The van der Waals surface area contributed by atoms with Crippen molar-refractivity contribution >= 4 is 40.8 Å². The Kier molecular flexibility index (Phi) is 8.99. The summed E-state index contributed by atoms with van der Waals surface area (Å²) >= 11 is 11.8. The number of hydrogen-bond donors (Lipinski definition) is 1. The number of nitrogens with one attached hydrogen (secondary N) is 1. The molecule has 0 aliphatic carbocycles. The van der Waals surface area contributed by atoms with Crippen LogP contribution in [-0.2, 0) is 20.7 Å². The molecule has 10 heteroatoms. The lowest BCUT2D eigenvalue weighted by Crippen LogP contribution is -2.34. The summed E-state index contributed by atoms with van der Waals surface area (Å²) in [6.07, 6.45) is -4.40. The van der Waals surface area contributed by atoms with Gasteiger partial charge in [0.2, 0.25) is 5.91 Å². The number of aryl methyl sites for hydroxylation is 1. The number of carbonyl (C=O) groups is 2. The van der Waals surface area contributed by atoms with Crippen LogP contribution in [0.1, 0.15) is 51.2 Å². The standard InChI is InChI=1S/C24H25Cl2F4NO3/c1-13(24(28,29)30)21(15-7-9-16(25)18(27)12-15)22(33)31-19-11-14(5-8-17(19)26)6-10-20(32)34-23(2,3)4/h5,7-9,11-13,21H,6,10H2,1-4H3,(H,31,33)/t13-,21+/m1/s1. The first kappa shape index (κ1) is 27.9. The van der Waals surface area contributed by atoms with Gasteiger partial charge in [-0.1, -0.05) is 42.3 Å². The summed E-state index contributed by atoms with van der Waals surface area (Å²) in [6, 6.07) is 7.66. The number of halogens is 6. The molecule has 1 N–H and O–H groups in total. The molecule has 0 fully saturated rings. The Balaban J connectivity index is 2.28. The van der Waals surface area contributed by atoms with E-state index in [4.69, 9.17) is 27.9 Å². The number of esters is 1. The largest absolute Gasteiger partial charge is 0.460 e. The van der Waals surface area contributed by atoms with Crippen LogP contribution < -0.4 is 5.32 Å². The Bertz CT molecular complexity index is 1050. The minimum absolute atomic E-state index is 0.0596. The summed E-state index contributed by atoms with van der Waals surface area (Å²) in [7, 11) is 0. The van der Waals surface area contributed by atoms with Gasteiger partial charge in [0.1, 0.15) is 11.4 Å². The van der Waals surface area contributed by atoms with Gasteiger partial charge >= 0.3 is 12.1 Å². The zero-order valence-corrected chi connectivity index (χ0v) is 20.5. The third-order valence-corrected chi connectivity index (χ3v) is 5.56. The van der Waals surface area contributed by atoms with E-state index in [1.807, 2.05) is 0 Å². The van der Waals surface area contributed by atoms with Crippen molar-refractivity contribution in [3.05, 3.63) is 63.4 Å². The highest BCUT2D eigenvalue weighted by Gasteiger charge is 2.45. The van der Waals surface area contributed by atoms with Crippen LogP contribution in [0.5, 0.6) is 0 Å². The fraction of sp³-hybridized carbons (Fsp3) is 0.417. The summed E-state index contributed by atoms with van der Waals surface area (Å²) in [5.41, 5.74) is -0.131. The maximum atomic E-state index is 14.0. The van der Waals surface area contributed by atoms with Gasteiger partial charge in [-0.25, -0.2) is 4.39 Å². The van der Waals surface area contributed by atoms with Crippen molar-refractivity contribution in [3.8, 4) is 0 Å². The highest BCUT2D eigenvalue weighted by Crippen LogP contribution is 2.39. The van der Waals surface area contributed by atoms with Crippen molar-refractivity contribution in [2.45, 2.75) is 58.2 Å². The van der Waals surface area contributed by atoms with E-state index in [1.54, 1.807) is 26.8 Å². The topological polar surface area (TPSA) is 55.4 Å². The van der Waals surface area contributed by atoms with Crippen LogP contribution in [0.2, 0.25) is 10.0 Å². The number of carbonyl (C=O) groups excluding carboxylic acids is 2. The van der Waals surface area contributed by atoms with E-state index in [9.17, 15) is 27.2 Å². The smallest absolute Gasteiger partial charge is 0.392 e. The third-order valence-electron chi connectivity index (χ3n) is 4.93. The van der Waals surface area contributed by atoms with E-state index in [2.05, 4.69) is 5.32 Å². The minimum Gasteiger partial charge on any atom is -0.460 e. The van der Waals surface area contributed by atoms with E-state index in [-0.39, 0.29) is 34.1 Å². The summed E-state index contributed by atoms with van der Waals surface area (Å²) in [5, 5.41) is 2.24. The number of alkyl halides is 3. The molecular weight excluding hydrogens is 497 g/mol. The number of ether oxygens (including phenoxy) is 1. The Morgan fingerprint density at radius 3 is 2.21 bits per heavy atom. The van der Waals surface area contributed by atoms with Gasteiger partial charge in [-0.15, -0.1) is 0 Å². The van der Waals surface area contributed by atoms with Crippen LogP contribution in [0.4, 0.5) is 23.2 Å². The van der Waals surface area contributed by atoms with Crippen LogP contribution in [0.3, 0.4) is 0 Å². The van der Waals surface area contributed by atoms with Crippen molar-refractivity contribution in [1.82, 2.24) is 0 Å². The molecule has 186 valence electrons. The zero-order valence-electron chi connectivity index (χ0n) is 19.0. The van der Waals surface area contributed by atoms with Gasteiger partial charge in [-0.2, -0.15) is 13.2 Å². The second-order valence-electron chi connectivity index (χ2n) is 8.87. The molecule has 4 nitrogen and oxygen atoms in total. The van der Waals surface area contributed by atoms with Crippen LogP contribution in [0.15, 0.2) is 36.4 Å². The second-order valence-corrected chi connectivity index (χ2v) is 9.69. The van der Waals surface area contributed by atoms with Gasteiger partial charge in [-0.05, 0) is 62.6 Å². The molecule has 0 aliphatic heterocycles. The van der Waals surface area contributed by atoms with Crippen molar-refractivity contribution in [3.63, 3.8) is 0 Å².